The Labute approximate surface area is 108 Å². The number of amides is 1. The molecular weight excluding hydrogens is 254 g/mol. The van der Waals surface area contributed by atoms with Crippen LogP contribution in [0.4, 0.5) is 5.69 Å². The van der Waals surface area contributed by atoms with Gasteiger partial charge in [-0.05, 0) is 30.7 Å². The van der Waals surface area contributed by atoms with E-state index in [1.807, 2.05) is 6.92 Å². The molecule has 0 aliphatic carbocycles. The Balaban J connectivity index is 2.18. The second kappa shape index (κ2) is 5.01. The zero-order valence-electron chi connectivity index (χ0n) is 9.53. The Hall–Kier alpha value is -2.14. The number of nitrogens with zero attached hydrogens (tertiary/aromatic N) is 1. The van der Waals surface area contributed by atoms with Gasteiger partial charge in [-0.1, -0.05) is 17.7 Å². The topological polar surface area (TPSA) is 74.8 Å². The van der Waals surface area contributed by atoms with Crippen molar-refractivity contribution in [3.8, 4) is 0 Å². The predicted molar refractivity (Wildman–Crippen MR) is 69.0 cm³/mol. The normalized spacial score (nSPS) is 10.1. The minimum Gasteiger partial charge on any atom is -0.321 e. The first-order valence-electron chi connectivity index (χ1n) is 5.19. The van der Waals surface area contributed by atoms with Gasteiger partial charge < -0.3 is 5.32 Å². The number of aromatic nitrogens is 2. The summed E-state index contributed by atoms with van der Waals surface area (Å²) in [6, 6.07) is 7.79. The standard InChI is InChI=1S/C12H10ClN3O2/c1-7-2-3-8(6-9(7)13)14-12(18)10-4-5-11(17)16-15-10/h2-6H,1H3,(H,14,18)(H,16,17). The zero-order chi connectivity index (χ0) is 13.1. The van der Waals surface area contributed by atoms with Crippen LogP contribution in [0.25, 0.3) is 0 Å². The minimum absolute atomic E-state index is 0.131. The summed E-state index contributed by atoms with van der Waals surface area (Å²) in [6.07, 6.45) is 0. The molecule has 2 aromatic rings. The van der Waals surface area contributed by atoms with Crippen molar-refractivity contribution in [2.75, 3.05) is 5.32 Å². The molecule has 0 unspecified atom stereocenters. The van der Waals surface area contributed by atoms with E-state index in [9.17, 15) is 9.59 Å². The Morgan fingerprint density at radius 1 is 1.33 bits per heavy atom. The van der Waals surface area contributed by atoms with Gasteiger partial charge in [-0.2, -0.15) is 5.10 Å². The summed E-state index contributed by atoms with van der Waals surface area (Å²) < 4.78 is 0. The fraction of sp³-hybridized carbons (Fsp3) is 0.0833. The number of aryl methyl sites for hydroxylation is 1. The van der Waals surface area contributed by atoms with Gasteiger partial charge >= 0.3 is 0 Å². The highest BCUT2D eigenvalue weighted by atomic mass is 35.5. The summed E-state index contributed by atoms with van der Waals surface area (Å²) in [5.74, 6) is -0.411. The molecule has 1 aromatic heterocycles. The average Bonchev–Trinajstić information content (AvgIpc) is 2.34. The first-order valence-corrected chi connectivity index (χ1v) is 5.57. The fourth-order valence-electron chi connectivity index (χ4n) is 1.34. The third-order valence-electron chi connectivity index (χ3n) is 2.34. The van der Waals surface area contributed by atoms with Crippen molar-refractivity contribution in [2.24, 2.45) is 0 Å². The van der Waals surface area contributed by atoms with E-state index in [1.165, 1.54) is 12.1 Å². The molecule has 1 heterocycles. The highest BCUT2D eigenvalue weighted by Crippen LogP contribution is 2.20. The molecule has 0 radical (unpaired) electrons. The molecule has 2 rings (SSSR count). The number of hydrogen-bond donors (Lipinski definition) is 2. The van der Waals surface area contributed by atoms with Crippen molar-refractivity contribution in [3.63, 3.8) is 0 Å². The lowest BCUT2D eigenvalue weighted by Crippen LogP contribution is -2.17. The number of anilines is 1. The van der Waals surface area contributed by atoms with Crippen molar-refractivity contribution < 1.29 is 4.79 Å². The molecule has 0 aliphatic heterocycles. The molecule has 0 spiro atoms. The van der Waals surface area contributed by atoms with Crippen LogP contribution in [0.1, 0.15) is 16.1 Å². The highest BCUT2D eigenvalue weighted by Gasteiger charge is 2.08. The van der Waals surface area contributed by atoms with Crippen molar-refractivity contribution in [1.29, 1.82) is 0 Å². The van der Waals surface area contributed by atoms with Crippen LogP contribution >= 0.6 is 11.6 Å². The van der Waals surface area contributed by atoms with E-state index in [1.54, 1.807) is 18.2 Å². The summed E-state index contributed by atoms with van der Waals surface area (Å²) in [4.78, 5) is 22.6. The third-order valence-corrected chi connectivity index (χ3v) is 2.75. The van der Waals surface area contributed by atoms with Gasteiger partial charge in [-0.25, -0.2) is 5.10 Å². The molecule has 0 aliphatic rings. The molecule has 18 heavy (non-hydrogen) atoms. The molecule has 92 valence electrons. The number of H-pyrrole nitrogens is 1. The van der Waals surface area contributed by atoms with Crippen molar-refractivity contribution >= 4 is 23.2 Å². The number of aromatic amines is 1. The second-order valence-electron chi connectivity index (χ2n) is 3.72. The molecule has 0 atom stereocenters. The van der Waals surface area contributed by atoms with E-state index in [0.717, 1.165) is 5.56 Å². The first kappa shape index (κ1) is 12.3. The molecule has 0 saturated carbocycles. The molecule has 1 aromatic carbocycles. The number of rotatable bonds is 2. The molecule has 0 fully saturated rings. The van der Waals surface area contributed by atoms with E-state index in [2.05, 4.69) is 15.5 Å². The van der Waals surface area contributed by atoms with Crippen molar-refractivity contribution in [1.82, 2.24) is 10.2 Å². The lowest BCUT2D eigenvalue weighted by atomic mass is 10.2. The summed E-state index contributed by atoms with van der Waals surface area (Å²) in [7, 11) is 0. The number of carbonyl (C=O) groups is 1. The predicted octanol–water partition coefficient (Wildman–Crippen LogP) is 1.98. The Kier molecular flexibility index (Phi) is 3.43. The van der Waals surface area contributed by atoms with E-state index < -0.39 is 5.91 Å². The van der Waals surface area contributed by atoms with Crippen LogP contribution < -0.4 is 10.9 Å². The van der Waals surface area contributed by atoms with Gasteiger partial charge in [0.15, 0.2) is 0 Å². The third kappa shape index (κ3) is 2.75. The van der Waals surface area contributed by atoms with Crippen LogP contribution in [0.2, 0.25) is 5.02 Å². The lowest BCUT2D eigenvalue weighted by molar-refractivity contribution is 0.102. The number of nitrogens with one attached hydrogen (secondary N) is 2. The fourth-order valence-corrected chi connectivity index (χ4v) is 1.52. The SMILES string of the molecule is Cc1ccc(NC(=O)c2ccc(=O)[nH]n2)cc1Cl. The van der Waals surface area contributed by atoms with Crippen LogP contribution in [-0.2, 0) is 0 Å². The molecule has 1 amide bonds. The highest BCUT2D eigenvalue weighted by molar-refractivity contribution is 6.31. The Bertz CT molecular complexity index is 632. The summed E-state index contributed by atoms with van der Waals surface area (Å²) in [6.45, 7) is 1.87. The summed E-state index contributed by atoms with van der Waals surface area (Å²) in [5, 5.41) is 9.04. The van der Waals surface area contributed by atoms with Crippen molar-refractivity contribution in [2.45, 2.75) is 6.92 Å². The Morgan fingerprint density at radius 3 is 2.72 bits per heavy atom. The van der Waals surface area contributed by atoms with Gasteiger partial charge in [0.05, 0.1) is 0 Å². The molecule has 0 bridgehead atoms. The number of halogens is 1. The van der Waals surface area contributed by atoms with Crippen LogP contribution in [0, 0.1) is 6.92 Å². The molecule has 5 nitrogen and oxygen atoms in total. The second-order valence-corrected chi connectivity index (χ2v) is 4.13. The largest absolute Gasteiger partial charge is 0.321 e. The monoisotopic (exact) mass is 263 g/mol. The minimum atomic E-state index is -0.411. The van der Waals surface area contributed by atoms with Crippen LogP contribution in [-0.4, -0.2) is 16.1 Å². The summed E-state index contributed by atoms with van der Waals surface area (Å²) in [5.41, 5.74) is 1.27. The van der Waals surface area contributed by atoms with Gasteiger partial charge in [-0.3, -0.25) is 9.59 Å². The van der Waals surface area contributed by atoms with E-state index in [0.29, 0.717) is 10.7 Å². The molecular formula is C12H10ClN3O2. The smallest absolute Gasteiger partial charge is 0.276 e. The summed E-state index contributed by atoms with van der Waals surface area (Å²) >= 11 is 5.95. The van der Waals surface area contributed by atoms with Gasteiger partial charge in [0.2, 0.25) is 0 Å². The zero-order valence-corrected chi connectivity index (χ0v) is 10.3. The first-order chi connectivity index (χ1) is 8.56. The number of hydrogen-bond acceptors (Lipinski definition) is 3. The van der Waals surface area contributed by atoms with Gasteiger partial charge in [0, 0.05) is 16.8 Å². The van der Waals surface area contributed by atoms with Crippen LogP contribution in [0.15, 0.2) is 35.1 Å². The number of benzene rings is 1. The number of carbonyl (C=O) groups excluding carboxylic acids is 1. The van der Waals surface area contributed by atoms with E-state index in [-0.39, 0.29) is 11.3 Å². The quantitative estimate of drug-likeness (QED) is 0.870. The van der Waals surface area contributed by atoms with Gasteiger partial charge in [0.25, 0.3) is 11.5 Å². The molecule has 6 heteroatoms. The maximum atomic E-state index is 11.8. The van der Waals surface area contributed by atoms with Gasteiger partial charge in [-0.15, -0.1) is 0 Å². The van der Waals surface area contributed by atoms with Gasteiger partial charge in [0.1, 0.15) is 5.69 Å². The lowest BCUT2D eigenvalue weighted by Gasteiger charge is -2.05. The van der Waals surface area contributed by atoms with Crippen LogP contribution in [0.5, 0.6) is 0 Å². The van der Waals surface area contributed by atoms with E-state index in [4.69, 9.17) is 11.6 Å². The van der Waals surface area contributed by atoms with Crippen LogP contribution in [0.3, 0.4) is 0 Å². The van der Waals surface area contributed by atoms with E-state index >= 15 is 0 Å². The Morgan fingerprint density at radius 2 is 2.11 bits per heavy atom. The van der Waals surface area contributed by atoms with Crippen molar-refractivity contribution in [3.05, 3.63) is 57.0 Å². The molecule has 0 saturated heterocycles. The molecule has 2 N–H and O–H groups in total. The maximum absolute atomic E-state index is 11.8. The maximum Gasteiger partial charge on any atom is 0.276 e. The average molecular weight is 264 g/mol.